The number of sulfonamides is 1. The Hall–Kier alpha value is -2.88. The fraction of sp³-hybridized carbons (Fsp3) is 0.235. The van der Waals surface area contributed by atoms with Crippen molar-refractivity contribution in [3.63, 3.8) is 0 Å². The average Bonchev–Trinajstić information content (AvgIpc) is 2.61. The Bertz CT molecular complexity index is 950. The maximum Gasteiger partial charge on any atom is 0.245 e. The maximum absolute atomic E-state index is 13.2. The number of methoxy groups -OCH3 is 2. The van der Waals surface area contributed by atoms with Crippen molar-refractivity contribution in [3.05, 3.63) is 48.0 Å². The fourth-order valence-electron chi connectivity index (χ4n) is 2.28. The summed E-state index contributed by atoms with van der Waals surface area (Å²) in [5.74, 6) is -2.25. The molecule has 0 atom stereocenters. The molecule has 0 unspecified atom stereocenters. The van der Waals surface area contributed by atoms with Crippen molar-refractivity contribution in [3.8, 4) is 11.5 Å². The van der Waals surface area contributed by atoms with Gasteiger partial charge >= 0.3 is 0 Å². The number of nitrogens with zero attached hydrogens (tertiary/aromatic N) is 1. The van der Waals surface area contributed by atoms with Gasteiger partial charge in [-0.15, -0.1) is 0 Å². The van der Waals surface area contributed by atoms with Gasteiger partial charge in [-0.25, -0.2) is 17.2 Å². The highest BCUT2D eigenvalue weighted by molar-refractivity contribution is 7.92. The van der Waals surface area contributed by atoms with Gasteiger partial charge in [-0.3, -0.25) is 9.10 Å². The van der Waals surface area contributed by atoms with E-state index in [1.54, 1.807) is 0 Å². The van der Waals surface area contributed by atoms with E-state index >= 15 is 0 Å². The van der Waals surface area contributed by atoms with E-state index in [4.69, 9.17) is 9.47 Å². The molecule has 2 aromatic rings. The zero-order chi connectivity index (χ0) is 20.2. The SMILES string of the molecule is COc1ccc(N(CC(=O)Nc2ccc(F)c(F)c2)S(C)(=O)=O)cc1OC. The molecule has 0 saturated carbocycles. The van der Waals surface area contributed by atoms with E-state index in [1.165, 1.54) is 32.4 Å². The lowest BCUT2D eigenvalue weighted by atomic mass is 10.2. The Morgan fingerprint density at radius 2 is 1.70 bits per heavy atom. The molecule has 1 amide bonds. The van der Waals surface area contributed by atoms with E-state index in [2.05, 4.69) is 5.32 Å². The van der Waals surface area contributed by atoms with Crippen molar-refractivity contribution in [2.24, 2.45) is 0 Å². The first-order valence-corrected chi connectivity index (χ1v) is 9.45. The van der Waals surface area contributed by atoms with Gasteiger partial charge < -0.3 is 14.8 Å². The normalized spacial score (nSPS) is 11.0. The Labute approximate surface area is 155 Å². The lowest BCUT2D eigenvalue weighted by molar-refractivity contribution is -0.114. The van der Waals surface area contributed by atoms with Crippen LogP contribution in [-0.2, 0) is 14.8 Å². The largest absolute Gasteiger partial charge is 0.493 e. The molecule has 10 heteroatoms. The van der Waals surface area contributed by atoms with Crippen LogP contribution in [0.15, 0.2) is 36.4 Å². The number of ether oxygens (including phenoxy) is 2. The van der Waals surface area contributed by atoms with Crippen LogP contribution in [0.1, 0.15) is 0 Å². The quantitative estimate of drug-likeness (QED) is 0.772. The van der Waals surface area contributed by atoms with E-state index in [0.29, 0.717) is 5.75 Å². The molecule has 0 aliphatic carbocycles. The molecule has 2 rings (SSSR count). The van der Waals surface area contributed by atoms with E-state index in [0.717, 1.165) is 28.8 Å². The highest BCUT2D eigenvalue weighted by Crippen LogP contribution is 2.32. The summed E-state index contributed by atoms with van der Waals surface area (Å²) in [6.45, 7) is -0.576. The molecule has 0 spiro atoms. The Morgan fingerprint density at radius 3 is 2.26 bits per heavy atom. The summed E-state index contributed by atoms with van der Waals surface area (Å²) in [7, 11) is -1.000. The molecule has 0 radical (unpaired) electrons. The van der Waals surface area contributed by atoms with Crippen LogP contribution in [-0.4, -0.2) is 41.3 Å². The third-order valence-electron chi connectivity index (χ3n) is 3.55. The standard InChI is InChI=1S/C17H18F2N2O5S/c1-25-15-7-5-12(9-16(15)26-2)21(27(3,23)24)10-17(22)20-11-4-6-13(18)14(19)8-11/h4-9H,10H2,1-3H3,(H,20,22). The van der Waals surface area contributed by atoms with Gasteiger partial charge in [-0.1, -0.05) is 0 Å². The van der Waals surface area contributed by atoms with Crippen LogP contribution < -0.4 is 19.1 Å². The molecule has 2 aromatic carbocycles. The number of carbonyl (C=O) groups excluding carboxylic acids is 1. The molecule has 0 heterocycles. The van der Waals surface area contributed by atoms with Crippen molar-refractivity contribution >= 4 is 27.3 Å². The molecule has 146 valence electrons. The number of benzene rings is 2. The van der Waals surface area contributed by atoms with Crippen LogP contribution in [0, 0.1) is 11.6 Å². The predicted molar refractivity (Wildman–Crippen MR) is 96.7 cm³/mol. The molecule has 0 aliphatic heterocycles. The van der Waals surface area contributed by atoms with Crippen LogP contribution in [0.2, 0.25) is 0 Å². The van der Waals surface area contributed by atoms with Crippen molar-refractivity contribution in [2.75, 3.05) is 36.6 Å². The lowest BCUT2D eigenvalue weighted by Crippen LogP contribution is -2.37. The van der Waals surface area contributed by atoms with E-state index in [1.807, 2.05) is 0 Å². The smallest absolute Gasteiger partial charge is 0.245 e. The highest BCUT2D eigenvalue weighted by Gasteiger charge is 2.22. The van der Waals surface area contributed by atoms with Crippen LogP contribution in [0.5, 0.6) is 11.5 Å². The van der Waals surface area contributed by atoms with Crippen molar-refractivity contribution in [1.82, 2.24) is 0 Å². The second-order valence-corrected chi connectivity index (χ2v) is 7.39. The van der Waals surface area contributed by atoms with Gasteiger partial charge in [0.2, 0.25) is 15.9 Å². The minimum Gasteiger partial charge on any atom is -0.493 e. The van der Waals surface area contributed by atoms with Gasteiger partial charge in [0.25, 0.3) is 0 Å². The molecule has 0 fully saturated rings. The van der Waals surface area contributed by atoms with Crippen molar-refractivity contribution in [2.45, 2.75) is 0 Å². The zero-order valence-corrected chi connectivity index (χ0v) is 15.6. The minimum atomic E-state index is -3.82. The van der Waals surface area contributed by atoms with Crippen LogP contribution in [0.3, 0.4) is 0 Å². The summed E-state index contributed by atoms with van der Waals surface area (Å²) in [5.41, 5.74) is 0.176. The van der Waals surface area contributed by atoms with Gasteiger partial charge in [-0.2, -0.15) is 0 Å². The predicted octanol–water partition coefficient (Wildman–Crippen LogP) is 2.39. The van der Waals surface area contributed by atoms with Crippen LogP contribution in [0.25, 0.3) is 0 Å². The average molecular weight is 400 g/mol. The van der Waals surface area contributed by atoms with Crippen molar-refractivity contribution < 1.29 is 31.5 Å². The first kappa shape index (κ1) is 20.4. The second-order valence-electron chi connectivity index (χ2n) is 5.49. The maximum atomic E-state index is 13.2. The second kappa shape index (κ2) is 8.21. The number of hydrogen-bond donors (Lipinski definition) is 1. The monoisotopic (exact) mass is 400 g/mol. The molecule has 1 N–H and O–H groups in total. The zero-order valence-electron chi connectivity index (χ0n) is 14.8. The fourth-order valence-corrected chi connectivity index (χ4v) is 3.13. The van der Waals surface area contributed by atoms with Gasteiger partial charge in [0.05, 0.1) is 26.2 Å². The van der Waals surface area contributed by atoms with E-state index in [-0.39, 0.29) is 17.1 Å². The molecule has 0 saturated heterocycles. The lowest BCUT2D eigenvalue weighted by Gasteiger charge is -2.23. The number of rotatable bonds is 7. The molecule has 0 aliphatic rings. The molecule has 0 aromatic heterocycles. The number of amides is 1. The number of halogens is 2. The molecule has 27 heavy (non-hydrogen) atoms. The first-order valence-electron chi connectivity index (χ1n) is 7.60. The van der Waals surface area contributed by atoms with Crippen LogP contribution in [0.4, 0.5) is 20.2 Å². The number of carbonyl (C=O) groups is 1. The minimum absolute atomic E-state index is 0.000313. The molecule has 7 nitrogen and oxygen atoms in total. The third kappa shape index (κ3) is 5.07. The van der Waals surface area contributed by atoms with Gasteiger partial charge in [-0.05, 0) is 24.3 Å². The number of anilines is 2. The summed E-state index contributed by atoms with van der Waals surface area (Å²) >= 11 is 0. The highest BCUT2D eigenvalue weighted by atomic mass is 32.2. The van der Waals surface area contributed by atoms with E-state index < -0.39 is 34.1 Å². The van der Waals surface area contributed by atoms with E-state index in [9.17, 15) is 22.0 Å². The Balaban J connectivity index is 2.27. The van der Waals surface area contributed by atoms with Gasteiger partial charge in [0, 0.05) is 17.8 Å². The first-order chi connectivity index (χ1) is 12.7. The number of hydrogen-bond acceptors (Lipinski definition) is 5. The Kier molecular flexibility index (Phi) is 6.21. The third-order valence-corrected chi connectivity index (χ3v) is 4.69. The van der Waals surface area contributed by atoms with Crippen LogP contribution >= 0.6 is 0 Å². The summed E-state index contributed by atoms with van der Waals surface area (Å²) in [6, 6.07) is 7.18. The summed E-state index contributed by atoms with van der Waals surface area (Å²) in [5, 5.41) is 2.33. The Morgan fingerprint density at radius 1 is 1.04 bits per heavy atom. The van der Waals surface area contributed by atoms with Gasteiger partial charge in [0.1, 0.15) is 6.54 Å². The van der Waals surface area contributed by atoms with Gasteiger partial charge in [0.15, 0.2) is 23.1 Å². The summed E-state index contributed by atoms with van der Waals surface area (Å²) in [6.07, 6.45) is 0.939. The summed E-state index contributed by atoms with van der Waals surface area (Å²) < 4.78 is 61.6. The molecular formula is C17H18F2N2O5S. The molecular weight excluding hydrogens is 382 g/mol. The molecule has 0 bridgehead atoms. The summed E-state index contributed by atoms with van der Waals surface area (Å²) in [4.78, 5) is 12.2. The topological polar surface area (TPSA) is 84.9 Å². The van der Waals surface area contributed by atoms with Crippen molar-refractivity contribution in [1.29, 1.82) is 0 Å². The number of nitrogens with one attached hydrogen (secondary N) is 1.